The maximum absolute atomic E-state index is 13.0. The molecule has 2 unspecified atom stereocenters. The summed E-state index contributed by atoms with van der Waals surface area (Å²) in [5.74, 6) is 0.238. The number of amides is 1. The van der Waals surface area contributed by atoms with Crippen LogP contribution in [0.2, 0.25) is 0 Å². The molecule has 2 bridgehead atoms. The Labute approximate surface area is 158 Å². The maximum Gasteiger partial charge on any atom is 0.238 e. The van der Waals surface area contributed by atoms with Gasteiger partial charge in [0.1, 0.15) is 11.2 Å². The predicted octanol–water partition coefficient (Wildman–Crippen LogP) is 5.44. The monoisotopic (exact) mass is 361 g/mol. The quantitative estimate of drug-likeness (QED) is 0.582. The second-order valence-corrected chi connectivity index (χ2v) is 8.03. The molecule has 0 heterocycles. The van der Waals surface area contributed by atoms with Gasteiger partial charge in [0.05, 0.1) is 11.4 Å². The van der Waals surface area contributed by atoms with E-state index in [1.165, 1.54) is 0 Å². The van der Waals surface area contributed by atoms with Gasteiger partial charge in [0, 0.05) is 12.1 Å². The molecular weight excluding hydrogens is 338 g/mol. The first-order valence-electron chi connectivity index (χ1n) is 9.35. The lowest BCUT2D eigenvalue weighted by atomic mass is 9.68. The first-order valence-corrected chi connectivity index (χ1v) is 9.35. The highest BCUT2D eigenvalue weighted by Gasteiger charge is 2.68. The number of hydrogen-bond acceptors (Lipinski definition) is 4. The first-order chi connectivity index (χ1) is 12.9. The zero-order valence-electron chi connectivity index (χ0n) is 15.6. The van der Waals surface area contributed by atoms with Crippen LogP contribution in [0.4, 0.5) is 17.1 Å². The van der Waals surface area contributed by atoms with Crippen molar-refractivity contribution in [1.29, 1.82) is 0 Å². The zero-order valence-corrected chi connectivity index (χ0v) is 15.6. The van der Waals surface area contributed by atoms with E-state index >= 15 is 0 Å². The van der Waals surface area contributed by atoms with Gasteiger partial charge < -0.3 is 5.32 Å². The second-order valence-electron chi connectivity index (χ2n) is 8.03. The highest BCUT2D eigenvalue weighted by atomic mass is 16.2. The van der Waals surface area contributed by atoms with Crippen LogP contribution < -0.4 is 5.32 Å². The molecule has 2 aliphatic rings. The third kappa shape index (κ3) is 2.78. The Hall–Kier alpha value is -2.82. The molecule has 0 aliphatic heterocycles. The molecule has 5 nitrogen and oxygen atoms in total. The largest absolute Gasteiger partial charge is 0.325 e. The standard InChI is InChI=1S/C22H23N3O2/c1-21(2)15-12-13-22(21,19(26)14-15)20(27)23-16-8-10-18(11-9-16)25-24-17-6-4-3-5-7-17/h3-11,15H,12-14H2,1-2H3,(H,23,27). The van der Waals surface area contributed by atoms with Crippen molar-refractivity contribution in [3.05, 3.63) is 54.6 Å². The lowest BCUT2D eigenvalue weighted by molar-refractivity contribution is -0.141. The SMILES string of the molecule is CC1(C)C2CCC1(C(=O)Nc1ccc(N=Nc3ccccc3)cc1)C(=O)C2. The van der Waals surface area contributed by atoms with E-state index in [1.54, 1.807) is 24.3 Å². The smallest absolute Gasteiger partial charge is 0.238 e. The van der Waals surface area contributed by atoms with Gasteiger partial charge in [-0.3, -0.25) is 9.59 Å². The summed E-state index contributed by atoms with van der Waals surface area (Å²) in [7, 11) is 0. The average Bonchev–Trinajstić information content (AvgIpc) is 3.04. The predicted molar refractivity (Wildman–Crippen MR) is 104 cm³/mol. The number of Topliss-reactive ketones (excluding diaryl/α,β-unsaturated/α-hetero) is 1. The topological polar surface area (TPSA) is 70.9 Å². The van der Waals surface area contributed by atoms with Gasteiger partial charge in [-0.15, -0.1) is 0 Å². The van der Waals surface area contributed by atoms with Gasteiger partial charge in [0.15, 0.2) is 0 Å². The van der Waals surface area contributed by atoms with Crippen LogP contribution in [0.15, 0.2) is 64.8 Å². The molecule has 0 radical (unpaired) electrons. The summed E-state index contributed by atoms with van der Waals surface area (Å²) in [6, 6.07) is 16.7. The molecule has 2 atom stereocenters. The molecule has 2 aromatic rings. The van der Waals surface area contributed by atoms with Crippen molar-refractivity contribution in [2.24, 2.45) is 27.0 Å². The summed E-state index contributed by atoms with van der Waals surface area (Å²) < 4.78 is 0. The summed E-state index contributed by atoms with van der Waals surface area (Å²) in [5, 5.41) is 11.3. The van der Waals surface area contributed by atoms with E-state index in [-0.39, 0.29) is 17.1 Å². The lowest BCUT2D eigenvalue weighted by Crippen LogP contribution is -2.46. The van der Waals surface area contributed by atoms with Gasteiger partial charge in [-0.05, 0) is 60.6 Å². The number of anilines is 1. The molecule has 2 saturated carbocycles. The Kier molecular flexibility index (Phi) is 4.17. The molecule has 27 heavy (non-hydrogen) atoms. The number of nitrogens with one attached hydrogen (secondary N) is 1. The lowest BCUT2D eigenvalue weighted by Gasteiger charge is -2.34. The number of nitrogens with zero attached hydrogens (tertiary/aromatic N) is 2. The minimum atomic E-state index is -0.886. The number of rotatable bonds is 4. The number of ketones is 1. The first kappa shape index (κ1) is 17.6. The Morgan fingerprint density at radius 3 is 2.19 bits per heavy atom. The normalized spacial score (nSPS) is 25.9. The number of carbonyl (C=O) groups excluding carboxylic acids is 2. The minimum Gasteiger partial charge on any atom is -0.325 e. The molecule has 1 amide bonds. The number of carbonyl (C=O) groups is 2. The molecule has 0 aromatic heterocycles. The summed E-state index contributed by atoms with van der Waals surface area (Å²) in [5.41, 5.74) is 0.994. The van der Waals surface area contributed by atoms with E-state index in [2.05, 4.69) is 29.4 Å². The fourth-order valence-corrected chi connectivity index (χ4v) is 4.67. The highest BCUT2D eigenvalue weighted by molar-refractivity contribution is 6.14. The van der Waals surface area contributed by atoms with Crippen LogP contribution in [0, 0.1) is 16.7 Å². The molecule has 0 spiro atoms. The van der Waals surface area contributed by atoms with Crippen molar-refractivity contribution in [3.63, 3.8) is 0 Å². The van der Waals surface area contributed by atoms with Crippen LogP contribution in [0.5, 0.6) is 0 Å². The van der Waals surface area contributed by atoms with Gasteiger partial charge >= 0.3 is 0 Å². The summed E-state index contributed by atoms with van der Waals surface area (Å²) in [6.07, 6.45) is 2.13. The maximum atomic E-state index is 13.0. The van der Waals surface area contributed by atoms with Crippen molar-refractivity contribution < 1.29 is 9.59 Å². The van der Waals surface area contributed by atoms with Crippen LogP contribution in [-0.4, -0.2) is 11.7 Å². The Bertz CT molecular complexity index is 903. The molecular formula is C22H23N3O2. The summed E-state index contributed by atoms with van der Waals surface area (Å²) in [6.45, 7) is 4.12. The van der Waals surface area contributed by atoms with E-state index in [0.29, 0.717) is 30.1 Å². The van der Waals surface area contributed by atoms with E-state index in [4.69, 9.17) is 0 Å². The van der Waals surface area contributed by atoms with Gasteiger partial charge in [0.25, 0.3) is 0 Å². The average molecular weight is 361 g/mol. The second kappa shape index (κ2) is 6.41. The van der Waals surface area contributed by atoms with Crippen LogP contribution in [0.3, 0.4) is 0 Å². The number of azo groups is 1. The Morgan fingerprint density at radius 1 is 1.00 bits per heavy atom. The van der Waals surface area contributed by atoms with Crippen molar-refractivity contribution >= 4 is 28.8 Å². The Balaban J connectivity index is 1.48. The Morgan fingerprint density at radius 2 is 1.63 bits per heavy atom. The fraction of sp³-hybridized carbons (Fsp3) is 0.364. The minimum absolute atomic E-state index is 0.0922. The van der Waals surface area contributed by atoms with E-state index < -0.39 is 5.41 Å². The van der Waals surface area contributed by atoms with Crippen LogP contribution in [-0.2, 0) is 9.59 Å². The van der Waals surface area contributed by atoms with E-state index in [0.717, 1.165) is 12.1 Å². The fourth-order valence-electron chi connectivity index (χ4n) is 4.67. The highest BCUT2D eigenvalue weighted by Crippen LogP contribution is 2.64. The molecule has 2 aliphatic carbocycles. The van der Waals surface area contributed by atoms with Crippen molar-refractivity contribution in [1.82, 2.24) is 0 Å². The van der Waals surface area contributed by atoms with Gasteiger partial charge in [-0.1, -0.05) is 32.0 Å². The summed E-state index contributed by atoms with van der Waals surface area (Å²) in [4.78, 5) is 25.6. The van der Waals surface area contributed by atoms with Crippen LogP contribution in [0.25, 0.3) is 0 Å². The molecule has 1 N–H and O–H groups in total. The third-order valence-electron chi connectivity index (χ3n) is 6.45. The van der Waals surface area contributed by atoms with Crippen LogP contribution in [0.1, 0.15) is 33.1 Å². The van der Waals surface area contributed by atoms with E-state index in [9.17, 15) is 9.59 Å². The van der Waals surface area contributed by atoms with Crippen LogP contribution >= 0.6 is 0 Å². The number of fused-ring (bicyclic) bond motifs is 2. The van der Waals surface area contributed by atoms with Crippen molar-refractivity contribution in [2.45, 2.75) is 33.1 Å². The number of hydrogen-bond donors (Lipinski definition) is 1. The van der Waals surface area contributed by atoms with Gasteiger partial charge in [0.2, 0.25) is 5.91 Å². The summed E-state index contributed by atoms with van der Waals surface area (Å²) >= 11 is 0. The molecule has 5 heteroatoms. The molecule has 0 saturated heterocycles. The van der Waals surface area contributed by atoms with Crippen molar-refractivity contribution in [3.8, 4) is 0 Å². The van der Waals surface area contributed by atoms with E-state index in [1.807, 2.05) is 30.3 Å². The van der Waals surface area contributed by atoms with Gasteiger partial charge in [-0.25, -0.2) is 0 Å². The molecule has 2 fully saturated rings. The molecule has 2 aromatic carbocycles. The van der Waals surface area contributed by atoms with Crippen molar-refractivity contribution in [2.75, 3.05) is 5.32 Å². The molecule has 138 valence electrons. The molecule has 4 rings (SSSR count). The third-order valence-corrected chi connectivity index (χ3v) is 6.45. The zero-order chi connectivity index (χ0) is 19.1. The number of benzene rings is 2. The van der Waals surface area contributed by atoms with Gasteiger partial charge in [-0.2, -0.15) is 10.2 Å².